The van der Waals surface area contributed by atoms with Crippen LogP contribution in [-0.4, -0.2) is 70.3 Å². The molecule has 33 heavy (non-hydrogen) atoms. The zero-order chi connectivity index (χ0) is 24.0. The van der Waals surface area contributed by atoms with E-state index < -0.39 is 41.1 Å². The number of hydrogen-bond donors (Lipinski definition) is 2. The van der Waals surface area contributed by atoms with Crippen LogP contribution in [0.2, 0.25) is 0 Å². The molecule has 0 aliphatic carbocycles. The van der Waals surface area contributed by atoms with Crippen molar-refractivity contribution in [1.29, 1.82) is 0 Å². The van der Waals surface area contributed by atoms with Crippen LogP contribution in [0.25, 0.3) is 0 Å². The molecule has 8 nitrogen and oxygen atoms in total. The van der Waals surface area contributed by atoms with Gasteiger partial charge in [0.25, 0.3) is 0 Å². The second-order valence-electron chi connectivity index (χ2n) is 9.91. The molecule has 4 rings (SSSR count). The molecule has 2 amide bonds. The fraction of sp³-hybridized carbons (Fsp3) is 0.640. The third-order valence-electron chi connectivity index (χ3n) is 7.35. The van der Waals surface area contributed by atoms with E-state index in [1.54, 1.807) is 6.92 Å². The summed E-state index contributed by atoms with van der Waals surface area (Å²) in [6, 6.07) is 7.86. The standard InChI is InChI=1S/C25H34N2O6/c1-5-32-23(31)19-18-22(30)27(17(14-28)13-16-9-7-6-8-10-16)20(21(29)26-15(2)3)25(18)12-11-24(19,4)33-25/h6-10,15,17-20,28H,5,11-14H2,1-4H3,(H,26,29)/t17-,18+,19+,20?,24-,25?/m1/s1. The highest BCUT2D eigenvalue weighted by atomic mass is 16.6. The molecule has 1 spiro atoms. The van der Waals surface area contributed by atoms with E-state index >= 15 is 0 Å². The predicted octanol–water partition coefficient (Wildman–Crippen LogP) is 1.44. The molecule has 1 aromatic carbocycles. The lowest BCUT2D eigenvalue weighted by atomic mass is 9.66. The number of amides is 2. The molecule has 3 aliphatic heterocycles. The van der Waals surface area contributed by atoms with Crippen LogP contribution in [0.4, 0.5) is 0 Å². The van der Waals surface area contributed by atoms with Crippen molar-refractivity contribution >= 4 is 17.8 Å². The number of hydrogen-bond acceptors (Lipinski definition) is 6. The molecule has 8 heteroatoms. The van der Waals surface area contributed by atoms with Gasteiger partial charge in [0.15, 0.2) is 0 Å². The molecule has 2 unspecified atom stereocenters. The minimum atomic E-state index is -1.12. The molecule has 0 aromatic heterocycles. The molecule has 3 aliphatic rings. The highest BCUT2D eigenvalue weighted by Crippen LogP contribution is 2.63. The average molecular weight is 459 g/mol. The van der Waals surface area contributed by atoms with Gasteiger partial charge in [-0.15, -0.1) is 0 Å². The Bertz CT molecular complexity index is 921. The molecule has 1 aromatic rings. The minimum Gasteiger partial charge on any atom is -0.466 e. The van der Waals surface area contributed by atoms with Crippen LogP contribution in [0, 0.1) is 11.8 Å². The first-order valence-electron chi connectivity index (χ1n) is 11.8. The Morgan fingerprint density at radius 2 is 1.97 bits per heavy atom. The Morgan fingerprint density at radius 3 is 2.58 bits per heavy atom. The number of nitrogens with one attached hydrogen (secondary N) is 1. The number of carbonyl (C=O) groups excluding carboxylic acids is 3. The van der Waals surface area contributed by atoms with E-state index in [1.807, 2.05) is 51.1 Å². The van der Waals surface area contributed by atoms with Crippen LogP contribution >= 0.6 is 0 Å². The number of benzene rings is 1. The molecule has 6 atom stereocenters. The number of aliphatic hydroxyl groups is 1. The van der Waals surface area contributed by atoms with Crippen molar-refractivity contribution < 1.29 is 29.0 Å². The van der Waals surface area contributed by atoms with Crippen LogP contribution in [0.3, 0.4) is 0 Å². The Kier molecular flexibility index (Phi) is 6.26. The zero-order valence-electron chi connectivity index (χ0n) is 19.7. The van der Waals surface area contributed by atoms with Crippen molar-refractivity contribution in [1.82, 2.24) is 10.2 Å². The maximum atomic E-state index is 14.0. The summed E-state index contributed by atoms with van der Waals surface area (Å²) in [5.74, 6) is -2.71. The highest BCUT2D eigenvalue weighted by molar-refractivity contribution is 5.98. The molecule has 2 N–H and O–H groups in total. The molecule has 3 heterocycles. The van der Waals surface area contributed by atoms with Crippen molar-refractivity contribution in [3.8, 4) is 0 Å². The monoisotopic (exact) mass is 458 g/mol. The number of likely N-dealkylation sites (tertiary alicyclic amines) is 1. The summed E-state index contributed by atoms with van der Waals surface area (Å²) in [6.45, 7) is 7.18. The van der Waals surface area contributed by atoms with Gasteiger partial charge in [0.2, 0.25) is 11.8 Å². The highest BCUT2D eigenvalue weighted by Gasteiger charge is 2.78. The zero-order valence-corrected chi connectivity index (χ0v) is 19.7. The number of carbonyl (C=O) groups is 3. The van der Waals surface area contributed by atoms with Crippen molar-refractivity contribution in [3.05, 3.63) is 35.9 Å². The number of rotatable bonds is 8. The van der Waals surface area contributed by atoms with Gasteiger partial charge in [-0.25, -0.2) is 0 Å². The quantitative estimate of drug-likeness (QED) is 0.571. The van der Waals surface area contributed by atoms with Gasteiger partial charge in [-0.2, -0.15) is 0 Å². The molecule has 2 bridgehead atoms. The maximum absolute atomic E-state index is 14.0. The number of aliphatic hydroxyl groups excluding tert-OH is 1. The summed E-state index contributed by atoms with van der Waals surface area (Å²) < 4.78 is 11.8. The van der Waals surface area contributed by atoms with Crippen LogP contribution in [0.5, 0.6) is 0 Å². The first kappa shape index (κ1) is 23.7. The third kappa shape index (κ3) is 3.73. The van der Waals surface area contributed by atoms with Gasteiger partial charge in [0.05, 0.1) is 30.8 Å². The Morgan fingerprint density at radius 1 is 1.27 bits per heavy atom. The molecule has 0 saturated carbocycles. The van der Waals surface area contributed by atoms with Crippen molar-refractivity contribution in [2.24, 2.45) is 11.8 Å². The van der Waals surface area contributed by atoms with Crippen molar-refractivity contribution in [3.63, 3.8) is 0 Å². The first-order chi connectivity index (χ1) is 15.7. The smallest absolute Gasteiger partial charge is 0.312 e. The summed E-state index contributed by atoms with van der Waals surface area (Å²) in [6.07, 6.45) is 1.44. The van der Waals surface area contributed by atoms with E-state index in [-0.39, 0.29) is 31.1 Å². The lowest BCUT2D eigenvalue weighted by molar-refractivity contribution is -0.160. The van der Waals surface area contributed by atoms with E-state index in [1.165, 1.54) is 4.90 Å². The van der Waals surface area contributed by atoms with Gasteiger partial charge < -0.3 is 24.8 Å². The Hall–Kier alpha value is -2.45. The number of esters is 1. The lowest BCUT2D eigenvalue weighted by Gasteiger charge is -2.37. The molecular weight excluding hydrogens is 424 g/mol. The molecule has 3 fully saturated rings. The topological polar surface area (TPSA) is 105 Å². The van der Waals surface area contributed by atoms with Crippen LogP contribution in [0.15, 0.2) is 30.3 Å². The second-order valence-corrected chi connectivity index (χ2v) is 9.91. The van der Waals surface area contributed by atoms with Crippen molar-refractivity contribution in [2.75, 3.05) is 13.2 Å². The fourth-order valence-electron chi connectivity index (χ4n) is 6.15. The molecular formula is C25H34N2O6. The largest absolute Gasteiger partial charge is 0.466 e. The Balaban J connectivity index is 1.77. The van der Waals surface area contributed by atoms with E-state index in [4.69, 9.17) is 9.47 Å². The van der Waals surface area contributed by atoms with Gasteiger partial charge in [0, 0.05) is 6.04 Å². The average Bonchev–Trinajstić information content (AvgIpc) is 3.33. The van der Waals surface area contributed by atoms with E-state index in [9.17, 15) is 19.5 Å². The van der Waals surface area contributed by atoms with Crippen LogP contribution in [0.1, 0.15) is 46.1 Å². The van der Waals surface area contributed by atoms with Gasteiger partial charge in [0.1, 0.15) is 17.6 Å². The SMILES string of the molecule is CCOC(=O)[C@@H]1[C@H]2C(=O)N([C@@H](CO)Cc3ccccc3)C(C(=O)NC(C)C)C23CC[C@@]1(C)O3. The Labute approximate surface area is 194 Å². The number of ether oxygens (including phenoxy) is 2. The summed E-state index contributed by atoms with van der Waals surface area (Å²) >= 11 is 0. The molecule has 3 saturated heterocycles. The minimum absolute atomic E-state index is 0.137. The van der Waals surface area contributed by atoms with E-state index in [2.05, 4.69) is 5.32 Å². The first-order valence-corrected chi connectivity index (χ1v) is 11.8. The fourth-order valence-corrected chi connectivity index (χ4v) is 6.15. The number of fused-ring (bicyclic) bond motifs is 1. The van der Waals surface area contributed by atoms with Gasteiger partial charge in [-0.1, -0.05) is 30.3 Å². The van der Waals surface area contributed by atoms with Crippen molar-refractivity contribution in [2.45, 2.75) is 76.3 Å². The molecule has 180 valence electrons. The predicted molar refractivity (Wildman–Crippen MR) is 120 cm³/mol. The normalized spacial score (nSPS) is 33.3. The lowest BCUT2D eigenvalue weighted by Crippen LogP contribution is -2.59. The molecule has 0 radical (unpaired) electrons. The van der Waals surface area contributed by atoms with Gasteiger partial charge in [-0.05, 0) is 52.5 Å². The van der Waals surface area contributed by atoms with Crippen LogP contribution < -0.4 is 5.32 Å². The van der Waals surface area contributed by atoms with E-state index in [0.29, 0.717) is 19.3 Å². The number of nitrogens with zero attached hydrogens (tertiary/aromatic N) is 1. The van der Waals surface area contributed by atoms with Crippen LogP contribution in [-0.2, 0) is 30.3 Å². The maximum Gasteiger partial charge on any atom is 0.312 e. The van der Waals surface area contributed by atoms with E-state index in [0.717, 1.165) is 5.56 Å². The third-order valence-corrected chi connectivity index (χ3v) is 7.35. The summed E-state index contributed by atoms with van der Waals surface area (Å²) in [4.78, 5) is 42.0. The summed E-state index contributed by atoms with van der Waals surface area (Å²) in [7, 11) is 0. The summed E-state index contributed by atoms with van der Waals surface area (Å²) in [5, 5.41) is 13.3. The van der Waals surface area contributed by atoms with Gasteiger partial charge in [-0.3, -0.25) is 14.4 Å². The van der Waals surface area contributed by atoms with Gasteiger partial charge >= 0.3 is 5.97 Å². The second kappa shape index (κ2) is 8.72. The summed E-state index contributed by atoms with van der Waals surface area (Å²) in [5.41, 5.74) is -1.03.